The van der Waals surface area contributed by atoms with Gasteiger partial charge in [-0.2, -0.15) is 0 Å². The number of benzene rings is 1. The van der Waals surface area contributed by atoms with Crippen molar-refractivity contribution in [2.24, 2.45) is 17.3 Å². The SMILES string of the molecule is CCCCc1ccc(NC(=O)C23C[C@@H]4C[C@@H](C2)CC(n2cnc(Cl)n2)(C4)C3)cc1. The van der Waals surface area contributed by atoms with Crippen LogP contribution in [-0.2, 0) is 16.8 Å². The summed E-state index contributed by atoms with van der Waals surface area (Å²) in [6, 6.07) is 8.39. The molecule has 0 spiro atoms. The highest BCUT2D eigenvalue weighted by Crippen LogP contribution is 2.64. The van der Waals surface area contributed by atoms with Gasteiger partial charge in [-0.15, -0.1) is 5.10 Å². The molecule has 0 saturated heterocycles. The molecular formula is C23H29ClN4O. The Morgan fingerprint density at radius 2 is 1.93 bits per heavy atom. The Labute approximate surface area is 177 Å². The lowest BCUT2D eigenvalue weighted by molar-refractivity contribution is -0.150. The lowest BCUT2D eigenvalue weighted by Gasteiger charge is -2.60. The third-order valence-corrected chi connectivity index (χ3v) is 7.67. The maximum absolute atomic E-state index is 13.5. The van der Waals surface area contributed by atoms with Gasteiger partial charge in [-0.1, -0.05) is 25.5 Å². The van der Waals surface area contributed by atoms with Crippen molar-refractivity contribution in [3.05, 3.63) is 41.4 Å². The molecule has 0 radical (unpaired) electrons. The Hall–Kier alpha value is -1.88. The molecule has 4 bridgehead atoms. The van der Waals surface area contributed by atoms with Gasteiger partial charge < -0.3 is 5.32 Å². The Balaban J connectivity index is 1.37. The molecule has 4 fully saturated rings. The molecule has 5 nitrogen and oxygen atoms in total. The van der Waals surface area contributed by atoms with Crippen molar-refractivity contribution >= 4 is 23.2 Å². The first-order valence-corrected chi connectivity index (χ1v) is 11.4. The Kier molecular flexibility index (Phi) is 4.69. The van der Waals surface area contributed by atoms with Crippen molar-refractivity contribution in [2.75, 3.05) is 5.32 Å². The van der Waals surface area contributed by atoms with E-state index in [1.54, 1.807) is 6.33 Å². The minimum atomic E-state index is -0.302. The number of amides is 1. The predicted molar refractivity (Wildman–Crippen MR) is 114 cm³/mol. The number of hydrogen-bond acceptors (Lipinski definition) is 3. The van der Waals surface area contributed by atoms with Crippen LogP contribution in [0.15, 0.2) is 30.6 Å². The van der Waals surface area contributed by atoms with Crippen LogP contribution in [0, 0.1) is 17.3 Å². The van der Waals surface area contributed by atoms with Gasteiger partial charge in [-0.3, -0.25) is 4.79 Å². The summed E-state index contributed by atoms with van der Waals surface area (Å²) in [5.41, 5.74) is 1.83. The van der Waals surface area contributed by atoms with Crippen molar-refractivity contribution in [3.63, 3.8) is 0 Å². The van der Waals surface area contributed by atoms with E-state index in [-0.39, 0.29) is 16.9 Å². The predicted octanol–water partition coefficient (Wildman–Crippen LogP) is 5.21. The molecule has 1 aromatic carbocycles. The van der Waals surface area contributed by atoms with Gasteiger partial charge in [0.1, 0.15) is 6.33 Å². The van der Waals surface area contributed by atoms with E-state index in [4.69, 9.17) is 11.6 Å². The van der Waals surface area contributed by atoms with Crippen LogP contribution in [0.4, 0.5) is 5.69 Å². The fourth-order valence-corrected chi connectivity index (χ4v) is 6.74. The van der Waals surface area contributed by atoms with Crippen molar-refractivity contribution in [1.29, 1.82) is 0 Å². The highest BCUT2D eigenvalue weighted by Gasteiger charge is 2.61. The van der Waals surface area contributed by atoms with Crippen molar-refractivity contribution in [1.82, 2.24) is 14.8 Å². The molecule has 4 aliphatic rings. The van der Waals surface area contributed by atoms with E-state index >= 15 is 0 Å². The average Bonchev–Trinajstić information content (AvgIpc) is 3.14. The summed E-state index contributed by atoms with van der Waals surface area (Å²) < 4.78 is 1.97. The number of nitrogens with zero attached hydrogens (tertiary/aromatic N) is 3. The molecule has 29 heavy (non-hydrogen) atoms. The highest BCUT2D eigenvalue weighted by molar-refractivity contribution is 6.28. The second-order valence-corrected chi connectivity index (χ2v) is 10.0. The maximum atomic E-state index is 13.5. The molecule has 4 aliphatic carbocycles. The Morgan fingerprint density at radius 3 is 2.55 bits per heavy atom. The first-order chi connectivity index (χ1) is 14.0. The van der Waals surface area contributed by atoms with E-state index < -0.39 is 0 Å². The van der Waals surface area contributed by atoms with E-state index in [9.17, 15) is 4.79 Å². The largest absolute Gasteiger partial charge is 0.326 e. The fourth-order valence-electron chi connectivity index (χ4n) is 6.62. The van der Waals surface area contributed by atoms with E-state index in [0.29, 0.717) is 17.1 Å². The van der Waals surface area contributed by atoms with Gasteiger partial charge in [0, 0.05) is 5.69 Å². The van der Waals surface area contributed by atoms with E-state index in [1.165, 1.54) is 24.8 Å². The van der Waals surface area contributed by atoms with E-state index in [0.717, 1.165) is 44.2 Å². The first kappa shape index (κ1) is 19.1. The van der Waals surface area contributed by atoms with Crippen LogP contribution in [0.2, 0.25) is 5.28 Å². The minimum absolute atomic E-state index is 0.106. The van der Waals surface area contributed by atoms with Crippen molar-refractivity contribution < 1.29 is 4.79 Å². The van der Waals surface area contributed by atoms with Crippen LogP contribution in [-0.4, -0.2) is 20.7 Å². The molecule has 4 saturated carbocycles. The molecule has 1 heterocycles. The molecule has 2 aromatic rings. The maximum Gasteiger partial charge on any atom is 0.242 e. The third kappa shape index (κ3) is 3.37. The number of carbonyl (C=O) groups is 1. The number of halogens is 1. The molecule has 1 aromatic heterocycles. The Morgan fingerprint density at radius 1 is 1.21 bits per heavy atom. The molecule has 1 amide bonds. The molecule has 1 N–H and O–H groups in total. The zero-order valence-corrected chi connectivity index (χ0v) is 17.8. The van der Waals surface area contributed by atoms with Gasteiger partial charge in [0.15, 0.2) is 0 Å². The number of anilines is 1. The lowest BCUT2D eigenvalue weighted by Crippen LogP contribution is -2.60. The van der Waals surface area contributed by atoms with Crippen molar-refractivity contribution in [3.8, 4) is 0 Å². The fraction of sp³-hybridized carbons (Fsp3) is 0.609. The van der Waals surface area contributed by atoms with Crippen LogP contribution in [0.3, 0.4) is 0 Å². The number of nitrogens with one attached hydrogen (secondary N) is 1. The number of aromatic nitrogens is 3. The number of hydrogen-bond donors (Lipinski definition) is 1. The molecule has 6 rings (SSSR count). The molecule has 6 heteroatoms. The van der Waals surface area contributed by atoms with Crippen LogP contribution >= 0.6 is 11.6 Å². The van der Waals surface area contributed by atoms with Gasteiger partial charge >= 0.3 is 0 Å². The zero-order valence-electron chi connectivity index (χ0n) is 17.0. The molecule has 2 atom stereocenters. The Bertz CT molecular complexity index is 892. The summed E-state index contributed by atoms with van der Waals surface area (Å²) in [6.07, 6.45) is 11.5. The summed E-state index contributed by atoms with van der Waals surface area (Å²) in [4.78, 5) is 17.7. The van der Waals surface area contributed by atoms with Gasteiger partial charge in [0.2, 0.25) is 11.2 Å². The second kappa shape index (κ2) is 7.12. The molecular weight excluding hydrogens is 384 g/mol. The molecule has 154 valence electrons. The molecule has 0 aliphatic heterocycles. The minimum Gasteiger partial charge on any atom is -0.326 e. The summed E-state index contributed by atoms with van der Waals surface area (Å²) in [5.74, 6) is 1.35. The van der Waals surface area contributed by atoms with Crippen LogP contribution < -0.4 is 5.32 Å². The van der Waals surface area contributed by atoms with Gasteiger partial charge in [0.05, 0.1) is 11.0 Å². The quantitative estimate of drug-likeness (QED) is 0.708. The van der Waals surface area contributed by atoms with Crippen LogP contribution in [0.25, 0.3) is 0 Å². The standard InChI is InChI=1S/C23H29ClN4O/c1-2-3-4-16-5-7-19(8-6-16)26-20(29)22-10-17-9-18(11-22)13-23(12-17,14-22)28-15-25-21(24)27-28/h5-8,15,17-18H,2-4,9-14H2,1H3,(H,26,29)/t17-,18-,22?,23?/m0/s1. The van der Waals surface area contributed by atoms with Crippen molar-refractivity contribution in [2.45, 2.75) is 70.3 Å². The number of carbonyl (C=O) groups excluding carboxylic acids is 1. The van der Waals surface area contributed by atoms with Gasteiger partial charge in [-0.25, -0.2) is 9.67 Å². The van der Waals surface area contributed by atoms with Gasteiger partial charge in [0.25, 0.3) is 0 Å². The van der Waals surface area contributed by atoms with Crippen LogP contribution in [0.1, 0.15) is 63.9 Å². The van der Waals surface area contributed by atoms with Crippen LogP contribution in [0.5, 0.6) is 0 Å². The second-order valence-electron chi connectivity index (χ2n) is 9.68. The monoisotopic (exact) mass is 412 g/mol. The zero-order chi connectivity index (χ0) is 20.1. The number of aryl methyl sites for hydroxylation is 1. The molecule has 0 unspecified atom stereocenters. The number of rotatable bonds is 6. The van der Waals surface area contributed by atoms with E-state index in [1.807, 2.05) is 4.68 Å². The smallest absolute Gasteiger partial charge is 0.242 e. The topological polar surface area (TPSA) is 59.8 Å². The average molecular weight is 413 g/mol. The summed E-state index contributed by atoms with van der Waals surface area (Å²) in [6.45, 7) is 2.21. The lowest BCUT2D eigenvalue weighted by atomic mass is 9.46. The van der Waals surface area contributed by atoms with E-state index in [2.05, 4.69) is 46.6 Å². The summed E-state index contributed by atoms with van der Waals surface area (Å²) >= 11 is 6.03. The van der Waals surface area contributed by atoms with Gasteiger partial charge in [-0.05, 0) is 92.5 Å². The summed E-state index contributed by atoms with van der Waals surface area (Å²) in [5, 5.41) is 7.99. The summed E-state index contributed by atoms with van der Waals surface area (Å²) in [7, 11) is 0. The highest BCUT2D eigenvalue weighted by atomic mass is 35.5. The normalized spacial score (nSPS) is 32.5. The third-order valence-electron chi connectivity index (χ3n) is 7.49. The number of unbranched alkanes of at least 4 members (excludes halogenated alkanes) is 1. The first-order valence-electron chi connectivity index (χ1n) is 11.0.